The monoisotopic (exact) mass is 260 g/mol. The van der Waals surface area contributed by atoms with E-state index in [2.05, 4.69) is 46.1 Å². The first-order valence-corrected chi connectivity index (χ1v) is 6.64. The second kappa shape index (κ2) is 8.19. The second-order valence-corrected chi connectivity index (χ2v) is 4.11. The summed E-state index contributed by atoms with van der Waals surface area (Å²) in [5.41, 5.74) is 3.37. The van der Waals surface area contributed by atoms with E-state index in [0.717, 1.165) is 23.8 Å². The van der Waals surface area contributed by atoms with Gasteiger partial charge in [-0.25, -0.2) is 0 Å². The Morgan fingerprint density at radius 1 is 1.21 bits per heavy atom. The highest BCUT2D eigenvalue weighted by Gasteiger charge is 2.00. The summed E-state index contributed by atoms with van der Waals surface area (Å²) in [6.07, 6.45) is 3.98. The van der Waals surface area contributed by atoms with E-state index in [-0.39, 0.29) is 0 Å². The Labute approximate surface area is 116 Å². The van der Waals surface area contributed by atoms with Crippen molar-refractivity contribution in [2.75, 3.05) is 31.3 Å². The van der Waals surface area contributed by atoms with Gasteiger partial charge in [-0.3, -0.25) is 4.99 Å². The van der Waals surface area contributed by atoms with Crippen LogP contribution in [0.15, 0.2) is 35.3 Å². The van der Waals surface area contributed by atoms with E-state index in [0.29, 0.717) is 6.54 Å². The Balaban J connectivity index is 2.84. The summed E-state index contributed by atoms with van der Waals surface area (Å²) in [5.74, 6) is 0.925. The fourth-order valence-corrected chi connectivity index (χ4v) is 1.80. The number of likely N-dealkylation sites (N-methyl/N-ethyl adjacent to an activating group) is 1. The van der Waals surface area contributed by atoms with Gasteiger partial charge in [-0.05, 0) is 37.6 Å². The number of hydrogen-bond acceptors (Lipinski definition) is 3. The Hall–Kier alpha value is -1.97. The van der Waals surface area contributed by atoms with Gasteiger partial charge in [0.25, 0.3) is 0 Å². The van der Waals surface area contributed by atoms with E-state index in [4.69, 9.17) is 0 Å². The molecule has 0 spiro atoms. The average molecular weight is 260 g/mol. The van der Waals surface area contributed by atoms with Crippen molar-refractivity contribution in [3.63, 3.8) is 0 Å². The van der Waals surface area contributed by atoms with Gasteiger partial charge in [-0.15, -0.1) is 0 Å². The lowest BCUT2D eigenvalue weighted by molar-refractivity contribution is 0.943. The Morgan fingerprint density at radius 3 is 2.53 bits per heavy atom. The maximum atomic E-state index is 4.57. The van der Waals surface area contributed by atoms with Crippen molar-refractivity contribution < 1.29 is 0 Å². The molecule has 0 saturated carbocycles. The zero-order valence-corrected chi connectivity index (χ0v) is 12.2. The fraction of sp³-hybridized carbons (Fsp3) is 0.400. The first-order valence-electron chi connectivity index (χ1n) is 6.64. The highest BCUT2D eigenvalue weighted by atomic mass is 15.0. The standard InChI is InChI=1S/C15H24N4/c1-5-7-15(18-6-2)19-11-12-8-9-13(16-3)14(10-12)17-4/h5,7-10,16-17H,6,11H2,1-4H3,(H,18,19)/b7-5-. The highest BCUT2D eigenvalue weighted by Crippen LogP contribution is 2.22. The SMILES string of the molecule is C/C=C\C(=NCc1ccc(NC)c(NC)c1)NCC. The van der Waals surface area contributed by atoms with Gasteiger partial charge in [0.15, 0.2) is 0 Å². The molecule has 1 rings (SSSR count). The topological polar surface area (TPSA) is 48.5 Å². The molecule has 3 N–H and O–H groups in total. The average Bonchev–Trinajstić information content (AvgIpc) is 2.44. The first kappa shape index (κ1) is 15.1. The molecule has 0 unspecified atom stereocenters. The Kier molecular flexibility index (Phi) is 6.50. The molecule has 1 aromatic rings. The quantitative estimate of drug-likeness (QED) is 0.544. The molecule has 0 aliphatic carbocycles. The maximum Gasteiger partial charge on any atom is 0.120 e. The van der Waals surface area contributed by atoms with Gasteiger partial charge in [-0.2, -0.15) is 0 Å². The smallest absolute Gasteiger partial charge is 0.120 e. The number of rotatable bonds is 6. The predicted molar refractivity (Wildman–Crippen MR) is 85.2 cm³/mol. The molecule has 0 aromatic heterocycles. The number of benzene rings is 1. The molecule has 0 heterocycles. The molecule has 0 aliphatic rings. The molecule has 104 valence electrons. The second-order valence-electron chi connectivity index (χ2n) is 4.11. The minimum absolute atomic E-state index is 0.672. The van der Waals surface area contributed by atoms with Crippen LogP contribution in [0.3, 0.4) is 0 Å². The molecule has 0 amide bonds. The Bertz CT molecular complexity index is 449. The van der Waals surface area contributed by atoms with Crippen LogP contribution in [0.4, 0.5) is 11.4 Å². The molecule has 19 heavy (non-hydrogen) atoms. The number of allylic oxidation sites excluding steroid dienone is 1. The lowest BCUT2D eigenvalue weighted by Crippen LogP contribution is -2.20. The molecular weight excluding hydrogens is 236 g/mol. The van der Waals surface area contributed by atoms with Crippen molar-refractivity contribution in [1.82, 2.24) is 5.32 Å². The van der Waals surface area contributed by atoms with Crippen molar-refractivity contribution in [3.8, 4) is 0 Å². The number of amidine groups is 1. The van der Waals surface area contributed by atoms with Crippen LogP contribution in [-0.4, -0.2) is 26.5 Å². The van der Waals surface area contributed by atoms with Crippen LogP contribution in [0.25, 0.3) is 0 Å². The van der Waals surface area contributed by atoms with Crippen molar-refractivity contribution in [2.45, 2.75) is 20.4 Å². The summed E-state index contributed by atoms with van der Waals surface area (Å²) in [6.45, 7) is 5.61. The minimum Gasteiger partial charge on any atom is -0.386 e. The van der Waals surface area contributed by atoms with E-state index in [9.17, 15) is 0 Å². The first-order chi connectivity index (χ1) is 9.24. The van der Waals surface area contributed by atoms with Gasteiger partial charge in [0, 0.05) is 20.6 Å². The van der Waals surface area contributed by atoms with Gasteiger partial charge in [0.05, 0.1) is 17.9 Å². The highest BCUT2D eigenvalue weighted by molar-refractivity contribution is 5.92. The van der Waals surface area contributed by atoms with Crippen molar-refractivity contribution in [1.29, 1.82) is 0 Å². The minimum atomic E-state index is 0.672. The third-order valence-corrected chi connectivity index (χ3v) is 2.74. The predicted octanol–water partition coefficient (Wildman–Crippen LogP) is 2.85. The largest absolute Gasteiger partial charge is 0.386 e. The summed E-state index contributed by atoms with van der Waals surface area (Å²) in [5, 5.41) is 9.58. The van der Waals surface area contributed by atoms with Gasteiger partial charge >= 0.3 is 0 Å². The lowest BCUT2D eigenvalue weighted by atomic mass is 10.1. The normalized spacial score (nSPS) is 11.7. The zero-order valence-electron chi connectivity index (χ0n) is 12.2. The van der Waals surface area contributed by atoms with E-state index in [1.54, 1.807) is 0 Å². The van der Waals surface area contributed by atoms with Crippen LogP contribution in [-0.2, 0) is 6.54 Å². The fourth-order valence-electron chi connectivity index (χ4n) is 1.80. The van der Waals surface area contributed by atoms with E-state index in [1.165, 1.54) is 5.56 Å². The number of nitrogens with one attached hydrogen (secondary N) is 3. The third kappa shape index (κ3) is 4.66. The molecule has 0 bridgehead atoms. The number of nitrogens with zero attached hydrogens (tertiary/aromatic N) is 1. The van der Waals surface area contributed by atoms with Crippen molar-refractivity contribution >= 4 is 17.2 Å². The summed E-state index contributed by atoms with van der Waals surface area (Å²) in [4.78, 5) is 4.57. The summed E-state index contributed by atoms with van der Waals surface area (Å²) in [6, 6.07) is 6.28. The summed E-state index contributed by atoms with van der Waals surface area (Å²) in [7, 11) is 3.84. The van der Waals surface area contributed by atoms with Crippen LogP contribution >= 0.6 is 0 Å². The summed E-state index contributed by atoms with van der Waals surface area (Å²) < 4.78 is 0. The molecule has 4 nitrogen and oxygen atoms in total. The molecule has 0 fully saturated rings. The van der Waals surface area contributed by atoms with E-state index >= 15 is 0 Å². The van der Waals surface area contributed by atoms with Crippen LogP contribution in [0, 0.1) is 0 Å². The van der Waals surface area contributed by atoms with Crippen molar-refractivity contribution in [2.24, 2.45) is 4.99 Å². The molecule has 0 aliphatic heterocycles. The van der Waals surface area contributed by atoms with Crippen LogP contribution in [0.2, 0.25) is 0 Å². The Morgan fingerprint density at radius 2 is 1.95 bits per heavy atom. The van der Waals surface area contributed by atoms with Crippen LogP contribution in [0.1, 0.15) is 19.4 Å². The maximum absolute atomic E-state index is 4.57. The van der Waals surface area contributed by atoms with Gasteiger partial charge in [0.1, 0.15) is 5.84 Å². The zero-order chi connectivity index (χ0) is 14.1. The van der Waals surface area contributed by atoms with Gasteiger partial charge in [0.2, 0.25) is 0 Å². The number of hydrogen-bond donors (Lipinski definition) is 3. The number of anilines is 2. The van der Waals surface area contributed by atoms with Crippen molar-refractivity contribution in [3.05, 3.63) is 35.9 Å². The van der Waals surface area contributed by atoms with Gasteiger partial charge < -0.3 is 16.0 Å². The summed E-state index contributed by atoms with van der Waals surface area (Å²) >= 11 is 0. The molecule has 0 atom stereocenters. The lowest BCUT2D eigenvalue weighted by Gasteiger charge is -2.10. The molecule has 0 saturated heterocycles. The number of aliphatic imine (C=N–C) groups is 1. The molecule has 0 radical (unpaired) electrons. The van der Waals surface area contributed by atoms with Crippen LogP contribution < -0.4 is 16.0 Å². The van der Waals surface area contributed by atoms with Gasteiger partial charge in [-0.1, -0.05) is 12.1 Å². The van der Waals surface area contributed by atoms with Crippen LogP contribution in [0.5, 0.6) is 0 Å². The molecule has 1 aromatic carbocycles. The van der Waals surface area contributed by atoms with E-state index in [1.807, 2.05) is 33.2 Å². The molecule has 4 heteroatoms. The third-order valence-electron chi connectivity index (χ3n) is 2.74. The molecular formula is C15H24N4. The van der Waals surface area contributed by atoms with E-state index < -0.39 is 0 Å².